The fourth-order valence-electron chi connectivity index (χ4n) is 5.31. The molecule has 6 N–H and O–H groups in total. The molecule has 0 saturated carbocycles. The molecular weight excluding hydrogens is 528 g/mol. The second-order valence-electron chi connectivity index (χ2n) is 10.9. The molecule has 0 aromatic heterocycles. The lowest BCUT2D eigenvalue weighted by Crippen LogP contribution is -2.37. The van der Waals surface area contributed by atoms with Crippen molar-refractivity contribution in [3.05, 3.63) is 34.9 Å². The number of esters is 1. The van der Waals surface area contributed by atoms with Crippen molar-refractivity contribution in [2.45, 2.75) is 52.6 Å². The predicted molar refractivity (Wildman–Crippen MR) is 175 cm³/mol. The molecule has 42 heavy (non-hydrogen) atoms. The Bertz CT molecular complexity index is 785. The van der Waals surface area contributed by atoms with E-state index in [1.165, 1.54) is 12.7 Å². The zero-order chi connectivity index (χ0) is 30.1. The lowest BCUT2D eigenvalue weighted by atomic mass is 10.0. The lowest BCUT2D eigenvalue weighted by molar-refractivity contribution is 0.0598. The van der Waals surface area contributed by atoms with Crippen LogP contribution in [-0.2, 0) is 17.8 Å². The van der Waals surface area contributed by atoms with Gasteiger partial charge in [-0.3, -0.25) is 9.80 Å². The highest BCUT2D eigenvalue weighted by Gasteiger charge is 2.17. The van der Waals surface area contributed by atoms with Crippen LogP contribution >= 0.6 is 0 Å². The van der Waals surface area contributed by atoms with Crippen molar-refractivity contribution in [2.75, 3.05) is 112 Å². The van der Waals surface area contributed by atoms with Gasteiger partial charge in [-0.1, -0.05) is 26.0 Å². The summed E-state index contributed by atoms with van der Waals surface area (Å²) in [6.45, 7) is 21.7. The number of carbonyl (C=O) groups excluding carboxylic acids is 1. The molecule has 2 saturated heterocycles. The molecule has 1 aromatic carbocycles. The largest absolute Gasteiger partial charge is 0.465 e. The fourth-order valence-corrected chi connectivity index (χ4v) is 5.31. The van der Waals surface area contributed by atoms with Gasteiger partial charge in [-0.05, 0) is 95.2 Å². The zero-order valence-electron chi connectivity index (χ0n) is 27.0. The van der Waals surface area contributed by atoms with Gasteiger partial charge >= 0.3 is 5.97 Å². The molecule has 0 atom stereocenters. The molecule has 2 heterocycles. The van der Waals surface area contributed by atoms with Gasteiger partial charge in [0.05, 0.1) is 12.7 Å². The first-order valence-corrected chi connectivity index (χ1v) is 16.7. The maximum atomic E-state index is 12.9. The number of hydrogen-bond donors (Lipinski definition) is 6. The third-order valence-corrected chi connectivity index (χ3v) is 7.62. The second kappa shape index (κ2) is 24.8. The van der Waals surface area contributed by atoms with Crippen LogP contribution in [0.5, 0.6) is 0 Å². The van der Waals surface area contributed by atoms with Crippen LogP contribution in [-0.4, -0.2) is 128 Å². The van der Waals surface area contributed by atoms with Crippen molar-refractivity contribution >= 4 is 5.97 Å². The van der Waals surface area contributed by atoms with Crippen molar-refractivity contribution in [3.63, 3.8) is 0 Å². The molecule has 2 aliphatic rings. The van der Waals surface area contributed by atoms with E-state index < -0.39 is 0 Å². The summed E-state index contributed by atoms with van der Waals surface area (Å²) in [4.78, 5) is 17.9. The van der Waals surface area contributed by atoms with E-state index in [1.807, 2.05) is 13.8 Å². The number of nitrogens with zero attached hydrogens (tertiary/aromatic N) is 2. The third-order valence-electron chi connectivity index (χ3n) is 7.62. The van der Waals surface area contributed by atoms with Crippen LogP contribution in [0.15, 0.2) is 18.2 Å². The van der Waals surface area contributed by atoms with Crippen LogP contribution in [0.3, 0.4) is 0 Å². The minimum atomic E-state index is -0.244. The molecule has 0 aliphatic carbocycles. The average molecular weight is 591 g/mol. The van der Waals surface area contributed by atoms with Crippen molar-refractivity contribution in [2.24, 2.45) is 0 Å². The molecule has 10 nitrogen and oxygen atoms in total. The zero-order valence-corrected chi connectivity index (χ0v) is 27.0. The summed E-state index contributed by atoms with van der Waals surface area (Å²) in [5.74, 6) is -0.244. The minimum Gasteiger partial charge on any atom is -0.465 e. The van der Waals surface area contributed by atoms with E-state index >= 15 is 0 Å². The summed E-state index contributed by atoms with van der Waals surface area (Å²) < 4.78 is 5.24. The molecule has 0 unspecified atom stereocenters. The smallest absolute Gasteiger partial charge is 0.338 e. The van der Waals surface area contributed by atoms with E-state index in [-0.39, 0.29) is 5.97 Å². The van der Waals surface area contributed by atoms with Gasteiger partial charge in [0.2, 0.25) is 0 Å². The standard InChI is InChI=1S/C30H56N8O2.C2H6/c1-40-30(39)29-24-27(25-37-20-4-12-33-16-14-31-8-2-10-35-18-22-37)6-7-28(29)26-38-21-5-13-34-17-15-32-9-3-11-36-19-23-38;1-2/h6-7,24,31-36H,2-5,8-23,25-26H2,1H3;1-2H3. The molecule has 0 spiro atoms. The van der Waals surface area contributed by atoms with Crippen molar-refractivity contribution < 1.29 is 9.53 Å². The van der Waals surface area contributed by atoms with E-state index in [9.17, 15) is 4.79 Å². The van der Waals surface area contributed by atoms with E-state index in [1.54, 1.807) is 0 Å². The second-order valence-corrected chi connectivity index (χ2v) is 10.9. The summed E-state index contributed by atoms with van der Waals surface area (Å²) in [7, 11) is 1.49. The van der Waals surface area contributed by atoms with Crippen LogP contribution in [0.4, 0.5) is 0 Å². The summed E-state index contributed by atoms with van der Waals surface area (Å²) in [6, 6.07) is 6.43. The molecule has 242 valence electrons. The average Bonchev–Trinajstić information content (AvgIpc) is 3.02. The molecule has 2 fully saturated rings. The number of carbonyl (C=O) groups is 1. The maximum absolute atomic E-state index is 12.9. The molecule has 1 aromatic rings. The predicted octanol–water partition coefficient (Wildman–Crippen LogP) is 1.23. The highest BCUT2D eigenvalue weighted by Crippen LogP contribution is 2.18. The van der Waals surface area contributed by atoms with Gasteiger partial charge in [-0.2, -0.15) is 0 Å². The normalized spacial score (nSPS) is 20.7. The highest BCUT2D eigenvalue weighted by molar-refractivity contribution is 5.91. The van der Waals surface area contributed by atoms with Gasteiger partial charge in [0.25, 0.3) is 0 Å². The number of rotatable bonds is 5. The monoisotopic (exact) mass is 590 g/mol. The van der Waals surface area contributed by atoms with Gasteiger partial charge in [-0.15, -0.1) is 0 Å². The molecule has 0 radical (unpaired) electrons. The number of hydrogen-bond acceptors (Lipinski definition) is 10. The summed E-state index contributed by atoms with van der Waals surface area (Å²) >= 11 is 0. The highest BCUT2D eigenvalue weighted by atomic mass is 16.5. The van der Waals surface area contributed by atoms with Crippen LogP contribution < -0.4 is 31.9 Å². The first-order valence-electron chi connectivity index (χ1n) is 16.7. The van der Waals surface area contributed by atoms with Gasteiger partial charge in [-0.25, -0.2) is 4.79 Å². The fraction of sp³-hybridized carbons (Fsp3) is 0.781. The van der Waals surface area contributed by atoms with Crippen LogP contribution in [0.2, 0.25) is 0 Å². The Hall–Kier alpha value is -1.63. The van der Waals surface area contributed by atoms with Crippen molar-refractivity contribution in [1.82, 2.24) is 41.7 Å². The lowest BCUT2D eigenvalue weighted by Gasteiger charge is -2.26. The van der Waals surface area contributed by atoms with E-state index in [0.717, 1.165) is 149 Å². The van der Waals surface area contributed by atoms with Gasteiger partial charge in [0, 0.05) is 65.4 Å². The van der Waals surface area contributed by atoms with Crippen LogP contribution in [0.1, 0.15) is 61.0 Å². The Kier molecular flexibility index (Phi) is 21.6. The number of nitrogens with one attached hydrogen (secondary N) is 6. The molecule has 10 heteroatoms. The molecule has 3 rings (SSSR count). The maximum Gasteiger partial charge on any atom is 0.338 e. The van der Waals surface area contributed by atoms with Gasteiger partial charge < -0.3 is 36.6 Å². The molecule has 0 bridgehead atoms. The Morgan fingerprint density at radius 1 is 0.619 bits per heavy atom. The third kappa shape index (κ3) is 16.3. The molecule has 0 amide bonds. The first-order chi connectivity index (χ1) is 20.8. The summed E-state index contributed by atoms with van der Waals surface area (Å²) in [6.07, 6.45) is 4.47. The first kappa shape index (κ1) is 36.6. The SMILES string of the molecule is CC.COC(=O)c1cc(CN2CCCNCCNCCCNCC2)ccc1CN1CCCNCCNCCCNCC1. The Morgan fingerprint density at radius 2 is 1.07 bits per heavy atom. The number of benzene rings is 1. The van der Waals surface area contributed by atoms with Crippen LogP contribution in [0.25, 0.3) is 0 Å². The Morgan fingerprint density at radius 3 is 1.57 bits per heavy atom. The van der Waals surface area contributed by atoms with E-state index in [4.69, 9.17) is 4.74 Å². The van der Waals surface area contributed by atoms with E-state index in [2.05, 4.69) is 59.9 Å². The van der Waals surface area contributed by atoms with Crippen molar-refractivity contribution in [3.8, 4) is 0 Å². The number of ether oxygens (including phenoxy) is 1. The van der Waals surface area contributed by atoms with Gasteiger partial charge in [0.1, 0.15) is 0 Å². The number of methoxy groups -OCH3 is 1. The van der Waals surface area contributed by atoms with Crippen molar-refractivity contribution in [1.29, 1.82) is 0 Å². The summed E-state index contributed by atoms with van der Waals surface area (Å²) in [5, 5.41) is 21.2. The Labute approximate surface area is 256 Å². The topological polar surface area (TPSA) is 105 Å². The van der Waals surface area contributed by atoms with Gasteiger partial charge in [0.15, 0.2) is 0 Å². The summed E-state index contributed by atoms with van der Waals surface area (Å²) in [5.41, 5.74) is 2.92. The molecular formula is C32H62N8O2. The van der Waals surface area contributed by atoms with E-state index in [0.29, 0.717) is 5.56 Å². The minimum absolute atomic E-state index is 0.244. The Balaban J connectivity index is 0.00000301. The molecule has 2 aliphatic heterocycles. The quantitative estimate of drug-likeness (QED) is 0.281. The van der Waals surface area contributed by atoms with Crippen LogP contribution in [0, 0.1) is 0 Å².